The lowest BCUT2D eigenvalue weighted by molar-refractivity contribution is -0.153. The van der Waals surface area contributed by atoms with Gasteiger partial charge in [-0.25, -0.2) is 0 Å². The van der Waals surface area contributed by atoms with E-state index in [1.807, 2.05) is 48.5 Å². The summed E-state index contributed by atoms with van der Waals surface area (Å²) in [6.07, 6.45) is 1.58. The zero-order chi connectivity index (χ0) is 20.9. The van der Waals surface area contributed by atoms with Gasteiger partial charge in [-0.3, -0.25) is 9.59 Å². The molecule has 1 saturated heterocycles. The molecule has 0 atom stereocenters. The number of carbonyl (C=O) groups is 2. The van der Waals surface area contributed by atoms with E-state index in [0.29, 0.717) is 32.4 Å². The van der Waals surface area contributed by atoms with Crippen LogP contribution >= 0.6 is 0 Å². The van der Waals surface area contributed by atoms with Gasteiger partial charge in [0.2, 0.25) is 11.8 Å². The molecule has 1 N–H and O–H groups in total. The molecule has 0 aromatic heterocycles. The predicted octanol–water partition coefficient (Wildman–Crippen LogP) is 2.45. The highest BCUT2D eigenvalue weighted by atomic mass is 16.5. The third-order valence-corrected chi connectivity index (χ3v) is 5.53. The molecule has 29 heavy (non-hydrogen) atoms. The van der Waals surface area contributed by atoms with Gasteiger partial charge in [0.1, 0.15) is 11.5 Å². The Morgan fingerprint density at radius 3 is 2.52 bits per heavy atom. The van der Waals surface area contributed by atoms with Crippen molar-refractivity contribution in [3.63, 3.8) is 0 Å². The zero-order valence-corrected chi connectivity index (χ0v) is 17.2. The Morgan fingerprint density at radius 2 is 1.83 bits per heavy atom. The molecule has 1 fully saturated rings. The minimum atomic E-state index is -0.596. The zero-order valence-electron chi connectivity index (χ0n) is 17.2. The smallest absolute Gasteiger partial charge is 0.229 e. The van der Waals surface area contributed by atoms with Crippen molar-refractivity contribution in [3.8, 4) is 11.5 Å². The highest BCUT2D eigenvalue weighted by molar-refractivity contribution is 5.88. The first kappa shape index (κ1) is 20.7. The van der Waals surface area contributed by atoms with Gasteiger partial charge < -0.3 is 19.7 Å². The lowest BCUT2D eigenvalue weighted by Crippen LogP contribution is -2.65. The van der Waals surface area contributed by atoms with Crippen LogP contribution in [-0.4, -0.2) is 51.1 Å². The number of amides is 2. The number of benzene rings is 2. The first-order valence-corrected chi connectivity index (χ1v) is 9.76. The molecule has 2 aromatic carbocycles. The van der Waals surface area contributed by atoms with E-state index >= 15 is 0 Å². The van der Waals surface area contributed by atoms with Gasteiger partial charge in [0.25, 0.3) is 0 Å². The molecule has 6 heteroatoms. The number of rotatable bonds is 8. The van der Waals surface area contributed by atoms with Crippen molar-refractivity contribution < 1.29 is 19.1 Å². The summed E-state index contributed by atoms with van der Waals surface area (Å²) >= 11 is 0. The highest BCUT2D eigenvalue weighted by Gasteiger charge is 2.50. The lowest BCUT2D eigenvalue weighted by atomic mass is 9.73. The van der Waals surface area contributed by atoms with Crippen LogP contribution in [0.4, 0.5) is 0 Å². The van der Waals surface area contributed by atoms with E-state index < -0.39 is 5.41 Å². The van der Waals surface area contributed by atoms with Gasteiger partial charge in [0, 0.05) is 26.6 Å². The van der Waals surface area contributed by atoms with Crippen LogP contribution in [0.25, 0.3) is 0 Å². The fourth-order valence-corrected chi connectivity index (χ4v) is 3.94. The van der Waals surface area contributed by atoms with Crippen LogP contribution in [0.3, 0.4) is 0 Å². The molecule has 0 aliphatic carbocycles. The third kappa shape index (κ3) is 4.53. The lowest BCUT2D eigenvalue weighted by Gasteiger charge is -2.49. The molecule has 1 aliphatic heterocycles. The van der Waals surface area contributed by atoms with E-state index in [2.05, 4.69) is 5.32 Å². The Kier molecular flexibility index (Phi) is 6.42. The number of nitrogens with zero attached hydrogens (tertiary/aromatic N) is 1. The Labute approximate surface area is 171 Å². The maximum absolute atomic E-state index is 12.7. The molecule has 0 saturated carbocycles. The van der Waals surface area contributed by atoms with Crippen molar-refractivity contribution >= 4 is 11.8 Å². The first-order chi connectivity index (χ1) is 14.0. The summed E-state index contributed by atoms with van der Waals surface area (Å²) in [6, 6.07) is 15.4. The second-order valence-electron chi connectivity index (χ2n) is 7.45. The maximum atomic E-state index is 12.7. The van der Waals surface area contributed by atoms with Crippen molar-refractivity contribution in [2.24, 2.45) is 5.41 Å². The number of hydrogen-bond donors (Lipinski definition) is 1. The second-order valence-corrected chi connectivity index (χ2v) is 7.45. The molecular formula is C23H28N2O4. The molecule has 0 unspecified atom stereocenters. The van der Waals surface area contributed by atoms with Crippen LogP contribution < -0.4 is 14.8 Å². The minimum Gasteiger partial charge on any atom is -0.497 e. The average molecular weight is 396 g/mol. The van der Waals surface area contributed by atoms with E-state index in [9.17, 15) is 9.59 Å². The molecule has 6 nitrogen and oxygen atoms in total. The fraction of sp³-hybridized carbons (Fsp3) is 0.391. The number of ether oxygens (including phenoxy) is 2. The number of aryl methyl sites for hydroxylation is 1. The Morgan fingerprint density at radius 1 is 1.07 bits per heavy atom. The first-order valence-electron chi connectivity index (χ1n) is 9.76. The predicted molar refractivity (Wildman–Crippen MR) is 111 cm³/mol. The monoisotopic (exact) mass is 396 g/mol. The quantitative estimate of drug-likeness (QED) is 0.744. The summed E-state index contributed by atoms with van der Waals surface area (Å²) in [7, 11) is 4.90. The maximum Gasteiger partial charge on any atom is 0.229 e. The van der Waals surface area contributed by atoms with Crippen LogP contribution in [0.5, 0.6) is 11.5 Å². The molecule has 0 radical (unpaired) electrons. The van der Waals surface area contributed by atoms with Gasteiger partial charge in [0.05, 0.1) is 19.6 Å². The summed E-state index contributed by atoms with van der Waals surface area (Å²) in [6.45, 7) is 0.850. The number of methoxy groups -OCH3 is 2. The summed E-state index contributed by atoms with van der Waals surface area (Å²) in [5, 5.41) is 2.76. The normalized spacial score (nSPS) is 14.7. The average Bonchev–Trinajstić information content (AvgIpc) is 2.73. The van der Waals surface area contributed by atoms with Gasteiger partial charge in [-0.15, -0.1) is 0 Å². The molecule has 0 spiro atoms. The molecule has 0 bridgehead atoms. The summed E-state index contributed by atoms with van der Waals surface area (Å²) in [5.74, 6) is 1.58. The van der Waals surface area contributed by atoms with E-state index in [1.165, 1.54) is 0 Å². The number of nitrogens with one attached hydrogen (secondary N) is 1. The van der Waals surface area contributed by atoms with E-state index in [1.54, 1.807) is 26.2 Å². The fourth-order valence-electron chi connectivity index (χ4n) is 3.94. The van der Waals surface area contributed by atoms with Crippen LogP contribution in [-0.2, 0) is 22.4 Å². The van der Waals surface area contributed by atoms with Gasteiger partial charge in [0.15, 0.2) is 0 Å². The van der Waals surface area contributed by atoms with Gasteiger partial charge >= 0.3 is 0 Å². The van der Waals surface area contributed by atoms with Crippen molar-refractivity contribution in [1.82, 2.24) is 10.2 Å². The SMILES string of the molecule is CNC(=O)C1(Cc2cccc(OC)c2)CN(C(=O)CCc2ccccc2OC)C1. The molecular weight excluding hydrogens is 368 g/mol. The van der Waals surface area contributed by atoms with E-state index in [4.69, 9.17) is 9.47 Å². The summed E-state index contributed by atoms with van der Waals surface area (Å²) in [4.78, 5) is 27.1. The van der Waals surface area contributed by atoms with Crippen molar-refractivity contribution in [2.75, 3.05) is 34.4 Å². The van der Waals surface area contributed by atoms with Gasteiger partial charge in [-0.2, -0.15) is 0 Å². The molecule has 1 heterocycles. The topological polar surface area (TPSA) is 67.9 Å². The van der Waals surface area contributed by atoms with Crippen molar-refractivity contribution in [3.05, 3.63) is 59.7 Å². The molecule has 2 amide bonds. The van der Waals surface area contributed by atoms with Crippen LogP contribution in [0.1, 0.15) is 17.5 Å². The largest absolute Gasteiger partial charge is 0.497 e. The standard InChI is InChI=1S/C23H28N2O4/c1-24-22(27)23(14-17-7-6-9-19(13-17)28-2)15-25(16-23)21(26)12-11-18-8-4-5-10-20(18)29-3/h4-10,13H,11-12,14-16H2,1-3H3,(H,24,27). The Hall–Kier alpha value is -3.02. The number of para-hydroxylation sites is 1. The van der Waals surface area contributed by atoms with E-state index in [0.717, 1.165) is 22.6 Å². The Balaban J connectivity index is 1.63. The van der Waals surface area contributed by atoms with Crippen molar-refractivity contribution in [2.45, 2.75) is 19.3 Å². The van der Waals surface area contributed by atoms with E-state index in [-0.39, 0.29) is 11.8 Å². The molecule has 1 aliphatic rings. The highest BCUT2D eigenvalue weighted by Crippen LogP contribution is 2.36. The number of likely N-dealkylation sites (tertiary alicyclic amines) is 1. The van der Waals surface area contributed by atoms with Crippen LogP contribution in [0.15, 0.2) is 48.5 Å². The second kappa shape index (κ2) is 8.99. The van der Waals surface area contributed by atoms with Gasteiger partial charge in [-0.05, 0) is 42.2 Å². The van der Waals surface area contributed by atoms with Gasteiger partial charge in [-0.1, -0.05) is 30.3 Å². The minimum absolute atomic E-state index is 0.0332. The van der Waals surface area contributed by atoms with Crippen LogP contribution in [0.2, 0.25) is 0 Å². The molecule has 3 rings (SSSR count). The number of hydrogen-bond acceptors (Lipinski definition) is 4. The van der Waals surface area contributed by atoms with Crippen LogP contribution in [0, 0.1) is 5.41 Å². The molecule has 2 aromatic rings. The summed E-state index contributed by atoms with van der Waals surface area (Å²) < 4.78 is 10.6. The third-order valence-electron chi connectivity index (χ3n) is 5.53. The summed E-state index contributed by atoms with van der Waals surface area (Å²) in [5.41, 5.74) is 1.44. The number of carbonyl (C=O) groups excluding carboxylic acids is 2. The van der Waals surface area contributed by atoms with Crippen molar-refractivity contribution in [1.29, 1.82) is 0 Å². The Bertz CT molecular complexity index is 875. The molecule has 154 valence electrons.